The molecule has 0 N–H and O–H groups in total. The van der Waals surface area contributed by atoms with Crippen molar-refractivity contribution < 1.29 is 18.3 Å². The fraction of sp³-hybridized carbons (Fsp3) is 0.286. The molecule has 4 rings (SSSR count). The lowest BCUT2D eigenvalue weighted by Crippen LogP contribution is -2.37. The number of ketones is 1. The number of hydrogen-bond donors (Lipinski definition) is 0. The van der Waals surface area contributed by atoms with E-state index in [2.05, 4.69) is 15.1 Å². The van der Waals surface area contributed by atoms with Gasteiger partial charge in [-0.05, 0) is 31.2 Å². The normalized spacial score (nSPS) is 15.2. The van der Waals surface area contributed by atoms with Gasteiger partial charge in [0.15, 0.2) is 10.9 Å². The van der Waals surface area contributed by atoms with Gasteiger partial charge in [0.05, 0.1) is 29.7 Å². The van der Waals surface area contributed by atoms with Crippen LogP contribution in [0, 0.1) is 11.6 Å². The van der Waals surface area contributed by atoms with Crippen LogP contribution in [0.2, 0.25) is 0 Å². The van der Waals surface area contributed by atoms with Crippen LogP contribution in [0.3, 0.4) is 0 Å². The Labute approximate surface area is 176 Å². The topological polar surface area (TPSA) is 60.2 Å². The van der Waals surface area contributed by atoms with Crippen molar-refractivity contribution in [1.29, 1.82) is 0 Å². The van der Waals surface area contributed by atoms with Gasteiger partial charge in [-0.15, -0.1) is 10.2 Å². The summed E-state index contributed by atoms with van der Waals surface area (Å²) in [5.41, 5.74) is 0.717. The monoisotopic (exact) mass is 430 g/mol. The minimum absolute atomic E-state index is 0.143. The molecule has 1 fully saturated rings. The maximum atomic E-state index is 14.1. The van der Waals surface area contributed by atoms with Crippen molar-refractivity contribution >= 4 is 23.5 Å². The molecular formula is C21H20F2N4O2S. The van der Waals surface area contributed by atoms with Crippen molar-refractivity contribution in [2.75, 3.05) is 31.2 Å². The molecule has 0 amide bonds. The van der Waals surface area contributed by atoms with E-state index in [1.807, 2.05) is 34.9 Å². The zero-order valence-electron chi connectivity index (χ0n) is 16.3. The third-order valence-electron chi connectivity index (χ3n) is 4.77. The Morgan fingerprint density at radius 2 is 1.83 bits per heavy atom. The molecule has 1 aliphatic heterocycles. The summed E-state index contributed by atoms with van der Waals surface area (Å²) >= 11 is 1.19. The van der Waals surface area contributed by atoms with Gasteiger partial charge in [0.25, 0.3) is 0 Å². The van der Waals surface area contributed by atoms with Gasteiger partial charge in [-0.25, -0.2) is 8.78 Å². The Balaban J connectivity index is 1.65. The molecular weight excluding hydrogens is 410 g/mol. The Morgan fingerprint density at radius 1 is 1.10 bits per heavy atom. The van der Waals surface area contributed by atoms with Gasteiger partial charge in [-0.1, -0.05) is 30.0 Å². The number of nitrogens with zero attached hydrogens (tertiary/aromatic N) is 4. The fourth-order valence-corrected chi connectivity index (χ4v) is 4.16. The number of halogens is 2. The lowest BCUT2D eigenvalue weighted by atomic mass is 10.1. The number of thioether (sulfide) groups is 1. The summed E-state index contributed by atoms with van der Waals surface area (Å²) in [4.78, 5) is 14.9. The number of aromatic nitrogens is 3. The van der Waals surface area contributed by atoms with Gasteiger partial charge in [0.2, 0.25) is 5.95 Å². The highest BCUT2D eigenvalue weighted by atomic mass is 32.2. The van der Waals surface area contributed by atoms with Crippen molar-refractivity contribution in [2.45, 2.75) is 17.3 Å². The van der Waals surface area contributed by atoms with E-state index in [1.54, 1.807) is 6.92 Å². The first-order valence-electron chi connectivity index (χ1n) is 9.54. The molecule has 9 heteroatoms. The molecule has 1 saturated heterocycles. The molecule has 3 aromatic rings. The second-order valence-electron chi connectivity index (χ2n) is 6.80. The van der Waals surface area contributed by atoms with E-state index in [4.69, 9.17) is 4.74 Å². The van der Waals surface area contributed by atoms with Crippen LogP contribution in [0.1, 0.15) is 17.3 Å². The average molecular weight is 430 g/mol. The van der Waals surface area contributed by atoms with E-state index in [1.165, 1.54) is 17.8 Å². The number of anilines is 1. The number of para-hydroxylation sites is 1. The molecule has 1 aromatic heterocycles. The number of Topliss-reactive ketones (excluding diaryl/α,β-unsaturated/α-hetero) is 1. The highest BCUT2D eigenvalue weighted by Crippen LogP contribution is 2.31. The lowest BCUT2D eigenvalue weighted by molar-refractivity contribution is 0.0990. The zero-order valence-corrected chi connectivity index (χ0v) is 17.1. The fourth-order valence-electron chi connectivity index (χ4n) is 3.23. The first-order chi connectivity index (χ1) is 14.5. The summed E-state index contributed by atoms with van der Waals surface area (Å²) in [6.07, 6.45) is 0. The summed E-state index contributed by atoms with van der Waals surface area (Å²) in [6, 6.07) is 12.6. The molecule has 1 aliphatic rings. The SMILES string of the molecule is CC(Sc1nnc(N2CCOCC2)n1-c1ccccc1)C(=O)c1ccc(F)cc1F. The molecule has 0 bridgehead atoms. The molecule has 30 heavy (non-hydrogen) atoms. The van der Waals surface area contributed by atoms with Crippen LogP contribution in [0.25, 0.3) is 5.69 Å². The molecule has 0 aliphatic carbocycles. The summed E-state index contributed by atoms with van der Waals surface area (Å²) in [5.74, 6) is -1.36. The van der Waals surface area contributed by atoms with Crippen LogP contribution in [0.15, 0.2) is 53.7 Å². The number of carbonyl (C=O) groups excluding carboxylic acids is 1. The van der Waals surface area contributed by atoms with Gasteiger partial charge in [-0.2, -0.15) is 0 Å². The predicted molar refractivity (Wildman–Crippen MR) is 110 cm³/mol. The zero-order chi connectivity index (χ0) is 21.1. The Bertz CT molecular complexity index is 1040. The predicted octanol–water partition coefficient (Wildman–Crippen LogP) is 3.75. The molecule has 2 aromatic carbocycles. The van der Waals surface area contributed by atoms with Crippen LogP contribution >= 0.6 is 11.8 Å². The van der Waals surface area contributed by atoms with E-state index >= 15 is 0 Å². The highest BCUT2D eigenvalue weighted by Gasteiger charge is 2.26. The number of morpholine rings is 1. The second kappa shape index (κ2) is 8.93. The summed E-state index contributed by atoms with van der Waals surface area (Å²) in [6.45, 7) is 4.25. The summed E-state index contributed by atoms with van der Waals surface area (Å²) < 4.78 is 34.6. The maximum Gasteiger partial charge on any atom is 0.232 e. The third-order valence-corrected chi connectivity index (χ3v) is 5.82. The van der Waals surface area contributed by atoms with Crippen LogP contribution in [0.5, 0.6) is 0 Å². The minimum Gasteiger partial charge on any atom is -0.378 e. The smallest absolute Gasteiger partial charge is 0.232 e. The summed E-state index contributed by atoms with van der Waals surface area (Å²) in [7, 11) is 0. The number of ether oxygens (including phenoxy) is 1. The molecule has 6 nitrogen and oxygen atoms in total. The number of hydrogen-bond acceptors (Lipinski definition) is 6. The molecule has 1 atom stereocenters. The lowest BCUT2D eigenvalue weighted by Gasteiger charge is -2.28. The van der Waals surface area contributed by atoms with Crippen molar-refractivity contribution in [1.82, 2.24) is 14.8 Å². The van der Waals surface area contributed by atoms with Crippen molar-refractivity contribution in [3.8, 4) is 5.69 Å². The average Bonchev–Trinajstić information content (AvgIpc) is 3.18. The first kappa shape index (κ1) is 20.5. The summed E-state index contributed by atoms with van der Waals surface area (Å²) in [5, 5.41) is 8.54. The van der Waals surface area contributed by atoms with E-state index < -0.39 is 22.7 Å². The molecule has 0 radical (unpaired) electrons. The van der Waals surface area contributed by atoms with E-state index in [0.29, 0.717) is 43.5 Å². The van der Waals surface area contributed by atoms with Crippen LogP contribution in [0.4, 0.5) is 14.7 Å². The van der Waals surface area contributed by atoms with Crippen molar-refractivity contribution in [3.63, 3.8) is 0 Å². The number of carbonyl (C=O) groups is 1. The largest absolute Gasteiger partial charge is 0.378 e. The van der Waals surface area contributed by atoms with Crippen LogP contribution < -0.4 is 4.90 Å². The van der Waals surface area contributed by atoms with Crippen LogP contribution in [-0.2, 0) is 4.74 Å². The second-order valence-corrected chi connectivity index (χ2v) is 8.11. The highest BCUT2D eigenvalue weighted by molar-refractivity contribution is 8.00. The van der Waals surface area contributed by atoms with Crippen molar-refractivity contribution in [3.05, 3.63) is 65.7 Å². The molecule has 156 valence electrons. The Kier molecular flexibility index (Phi) is 6.10. The van der Waals surface area contributed by atoms with E-state index in [-0.39, 0.29) is 5.56 Å². The number of benzene rings is 2. The molecule has 2 heterocycles. The Morgan fingerprint density at radius 3 is 2.53 bits per heavy atom. The first-order valence-corrected chi connectivity index (χ1v) is 10.4. The maximum absolute atomic E-state index is 14.1. The molecule has 0 saturated carbocycles. The molecule has 0 spiro atoms. The van der Waals surface area contributed by atoms with Gasteiger partial charge in [0, 0.05) is 19.2 Å². The van der Waals surface area contributed by atoms with Gasteiger partial charge >= 0.3 is 0 Å². The standard InChI is InChI=1S/C21H20F2N4O2S/c1-14(19(28)17-8-7-15(22)13-18(17)23)30-21-25-24-20(26-9-11-29-12-10-26)27(21)16-5-3-2-4-6-16/h2-8,13-14H,9-12H2,1H3. The molecule has 1 unspecified atom stereocenters. The van der Waals surface area contributed by atoms with Gasteiger partial charge < -0.3 is 9.64 Å². The quantitative estimate of drug-likeness (QED) is 0.439. The minimum atomic E-state index is -0.869. The van der Waals surface area contributed by atoms with Crippen LogP contribution in [-0.4, -0.2) is 52.1 Å². The van der Waals surface area contributed by atoms with Gasteiger partial charge in [0.1, 0.15) is 11.6 Å². The van der Waals surface area contributed by atoms with Gasteiger partial charge in [-0.3, -0.25) is 9.36 Å². The van der Waals surface area contributed by atoms with Crippen molar-refractivity contribution in [2.24, 2.45) is 0 Å². The third kappa shape index (κ3) is 4.22. The Hall–Kier alpha value is -2.78. The van der Waals surface area contributed by atoms with E-state index in [0.717, 1.165) is 11.8 Å². The number of rotatable bonds is 6. The van der Waals surface area contributed by atoms with E-state index in [9.17, 15) is 13.6 Å².